The highest BCUT2D eigenvalue weighted by atomic mass is 16.4. The van der Waals surface area contributed by atoms with Crippen molar-refractivity contribution in [3.63, 3.8) is 0 Å². The summed E-state index contributed by atoms with van der Waals surface area (Å²) >= 11 is 0. The van der Waals surface area contributed by atoms with Gasteiger partial charge in [0.25, 0.3) is 0 Å². The van der Waals surface area contributed by atoms with Gasteiger partial charge in [-0.15, -0.1) is 0 Å². The molecule has 0 spiro atoms. The lowest BCUT2D eigenvalue weighted by atomic mass is 10.1. The summed E-state index contributed by atoms with van der Waals surface area (Å²) in [6.45, 7) is 0.496. The van der Waals surface area contributed by atoms with E-state index in [0.29, 0.717) is 24.3 Å². The van der Waals surface area contributed by atoms with Gasteiger partial charge in [-0.2, -0.15) is 0 Å². The van der Waals surface area contributed by atoms with Crippen molar-refractivity contribution in [2.45, 2.75) is 18.9 Å². The summed E-state index contributed by atoms with van der Waals surface area (Å²) < 4.78 is 0. The van der Waals surface area contributed by atoms with Crippen LogP contribution >= 0.6 is 0 Å². The van der Waals surface area contributed by atoms with E-state index in [0.717, 1.165) is 6.42 Å². The van der Waals surface area contributed by atoms with Crippen LogP contribution in [0.2, 0.25) is 0 Å². The Labute approximate surface area is 104 Å². The second-order valence-corrected chi connectivity index (χ2v) is 4.29. The van der Waals surface area contributed by atoms with Crippen LogP contribution in [0.4, 0.5) is 11.4 Å². The monoisotopic (exact) mass is 249 g/mol. The lowest BCUT2D eigenvalue weighted by Crippen LogP contribution is -2.32. The van der Waals surface area contributed by atoms with Gasteiger partial charge in [0, 0.05) is 24.7 Å². The van der Waals surface area contributed by atoms with Crippen LogP contribution in [-0.2, 0) is 4.79 Å². The summed E-state index contributed by atoms with van der Waals surface area (Å²) in [6, 6.07) is 4.64. The highest BCUT2D eigenvalue weighted by molar-refractivity contribution is 5.95. The quantitative estimate of drug-likeness (QED) is 0.587. The van der Waals surface area contributed by atoms with E-state index in [1.54, 1.807) is 12.1 Å². The molecular formula is C12H15N3O3. The van der Waals surface area contributed by atoms with Crippen LogP contribution in [0.15, 0.2) is 18.2 Å². The van der Waals surface area contributed by atoms with Crippen LogP contribution in [0.25, 0.3) is 0 Å². The van der Waals surface area contributed by atoms with Crippen LogP contribution < -0.4 is 16.4 Å². The predicted octanol–water partition coefficient (Wildman–Crippen LogP) is 0.657. The van der Waals surface area contributed by atoms with E-state index in [2.05, 4.69) is 10.6 Å². The lowest BCUT2D eigenvalue weighted by molar-refractivity contribution is -0.119. The Kier molecular flexibility index (Phi) is 3.36. The Morgan fingerprint density at radius 3 is 2.94 bits per heavy atom. The molecule has 5 N–H and O–H groups in total. The number of nitrogen functional groups attached to an aromatic ring is 1. The molecule has 1 aromatic carbocycles. The molecule has 1 unspecified atom stereocenters. The van der Waals surface area contributed by atoms with Gasteiger partial charge in [-0.3, -0.25) is 4.79 Å². The minimum Gasteiger partial charge on any atom is -0.478 e. The average molecular weight is 249 g/mol. The van der Waals surface area contributed by atoms with Gasteiger partial charge in [-0.25, -0.2) is 4.79 Å². The molecule has 18 heavy (non-hydrogen) atoms. The summed E-state index contributed by atoms with van der Waals surface area (Å²) in [7, 11) is 0. The number of carboxylic acids is 1. The highest BCUT2D eigenvalue weighted by Crippen LogP contribution is 2.20. The molecule has 6 nitrogen and oxygen atoms in total. The van der Waals surface area contributed by atoms with Gasteiger partial charge in [0.1, 0.15) is 0 Å². The molecule has 0 saturated carbocycles. The number of amides is 1. The number of carbonyl (C=O) groups excluding carboxylic acids is 1. The molecule has 1 heterocycles. The number of carboxylic acid groups (broad SMARTS) is 1. The SMILES string of the molecule is Nc1ccc(C(=O)O)c(NCC2CCC(=O)N2)c1. The molecule has 0 radical (unpaired) electrons. The Morgan fingerprint density at radius 1 is 1.56 bits per heavy atom. The second kappa shape index (κ2) is 4.95. The third kappa shape index (κ3) is 2.71. The van der Waals surface area contributed by atoms with E-state index in [9.17, 15) is 9.59 Å². The topological polar surface area (TPSA) is 104 Å². The Morgan fingerprint density at radius 2 is 2.33 bits per heavy atom. The maximum absolute atomic E-state index is 11.0. The Bertz CT molecular complexity index is 487. The zero-order valence-electron chi connectivity index (χ0n) is 9.77. The summed E-state index contributed by atoms with van der Waals surface area (Å²) in [5.74, 6) is -0.971. The predicted molar refractivity (Wildman–Crippen MR) is 67.5 cm³/mol. The van der Waals surface area contributed by atoms with Crippen molar-refractivity contribution in [3.8, 4) is 0 Å². The van der Waals surface area contributed by atoms with Crippen LogP contribution in [0.3, 0.4) is 0 Å². The number of anilines is 2. The molecule has 0 bridgehead atoms. The summed E-state index contributed by atoms with van der Waals surface area (Å²) in [6.07, 6.45) is 1.28. The van der Waals surface area contributed by atoms with E-state index >= 15 is 0 Å². The Hall–Kier alpha value is -2.24. The molecule has 1 saturated heterocycles. The van der Waals surface area contributed by atoms with Crippen LogP contribution in [0.1, 0.15) is 23.2 Å². The van der Waals surface area contributed by atoms with E-state index in [4.69, 9.17) is 10.8 Å². The zero-order chi connectivity index (χ0) is 13.1. The molecule has 1 atom stereocenters. The second-order valence-electron chi connectivity index (χ2n) is 4.29. The van der Waals surface area contributed by atoms with Crippen molar-refractivity contribution in [3.05, 3.63) is 23.8 Å². The van der Waals surface area contributed by atoms with Crippen molar-refractivity contribution in [2.75, 3.05) is 17.6 Å². The molecule has 1 amide bonds. The summed E-state index contributed by atoms with van der Waals surface area (Å²) in [4.78, 5) is 22.1. The molecule has 96 valence electrons. The van der Waals surface area contributed by atoms with Gasteiger partial charge in [0.15, 0.2) is 0 Å². The molecule has 1 aliphatic rings. The molecule has 1 fully saturated rings. The first-order valence-corrected chi connectivity index (χ1v) is 5.72. The first-order valence-electron chi connectivity index (χ1n) is 5.72. The van der Waals surface area contributed by atoms with Crippen molar-refractivity contribution < 1.29 is 14.7 Å². The molecule has 6 heteroatoms. The van der Waals surface area contributed by atoms with E-state index in [1.165, 1.54) is 6.07 Å². The van der Waals surface area contributed by atoms with Crippen molar-refractivity contribution >= 4 is 23.3 Å². The maximum Gasteiger partial charge on any atom is 0.337 e. The molecule has 0 aliphatic carbocycles. The van der Waals surface area contributed by atoms with E-state index < -0.39 is 5.97 Å². The lowest BCUT2D eigenvalue weighted by Gasteiger charge is -2.14. The van der Waals surface area contributed by atoms with Crippen LogP contribution in [0.5, 0.6) is 0 Å². The number of aromatic carboxylic acids is 1. The number of nitrogens with two attached hydrogens (primary N) is 1. The van der Waals surface area contributed by atoms with Gasteiger partial charge in [0.2, 0.25) is 5.91 Å². The first kappa shape index (κ1) is 12.2. The highest BCUT2D eigenvalue weighted by Gasteiger charge is 2.20. The molecule has 1 aliphatic heterocycles. The third-order valence-electron chi connectivity index (χ3n) is 2.90. The maximum atomic E-state index is 11.0. The number of rotatable bonds is 4. The van der Waals surface area contributed by atoms with E-state index in [1.807, 2.05) is 0 Å². The number of nitrogens with one attached hydrogen (secondary N) is 2. The fourth-order valence-electron chi connectivity index (χ4n) is 1.96. The molecule has 0 aromatic heterocycles. The average Bonchev–Trinajstić information content (AvgIpc) is 2.72. The summed E-state index contributed by atoms with van der Waals surface area (Å²) in [5, 5.41) is 14.9. The van der Waals surface area contributed by atoms with Gasteiger partial charge < -0.3 is 21.5 Å². The molecule has 2 rings (SSSR count). The zero-order valence-corrected chi connectivity index (χ0v) is 9.77. The minimum atomic E-state index is -1.01. The van der Waals surface area contributed by atoms with Gasteiger partial charge in [0.05, 0.1) is 11.3 Å². The van der Waals surface area contributed by atoms with Crippen LogP contribution in [-0.4, -0.2) is 29.6 Å². The summed E-state index contributed by atoms with van der Waals surface area (Å²) in [5.41, 5.74) is 6.78. The van der Waals surface area contributed by atoms with Crippen molar-refractivity contribution in [1.82, 2.24) is 5.32 Å². The minimum absolute atomic E-state index is 0.0350. The largest absolute Gasteiger partial charge is 0.478 e. The smallest absolute Gasteiger partial charge is 0.337 e. The number of carbonyl (C=O) groups is 2. The fourth-order valence-corrected chi connectivity index (χ4v) is 1.96. The third-order valence-corrected chi connectivity index (χ3v) is 2.90. The standard InChI is InChI=1S/C12H15N3O3/c13-7-1-3-9(12(17)18)10(5-7)14-6-8-2-4-11(16)15-8/h1,3,5,8,14H,2,4,6,13H2,(H,15,16)(H,17,18). The van der Waals surface area contributed by atoms with Crippen molar-refractivity contribution in [1.29, 1.82) is 0 Å². The van der Waals surface area contributed by atoms with Gasteiger partial charge in [-0.1, -0.05) is 0 Å². The van der Waals surface area contributed by atoms with Gasteiger partial charge in [-0.05, 0) is 24.6 Å². The molecular weight excluding hydrogens is 234 g/mol. The number of benzene rings is 1. The first-order chi connectivity index (χ1) is 8.56. The molecule has 1 aromatic rings. The van der Waals surface area contributed by atoms with Crippen LogP contribution in [0, 0.1) is 0 Å². The number of hydrogen-bond donors (Lipinski definition) is 4. The van der Waals surface area contributed by atoms with Gasteiger partial charge >= 0.3 is 5.97 Å². The normalized spacial score (nSPS) is 18.4. The van der Waals surface area contributed by atoms with E-state index in [-0.39, 0.29) is 17.5 Å². The Balaban J connectivity index is 2.06. The fraction of sp³-hybridized carbons (Fsp3) is 0.333. The number of hydrogen-bond acceptors (Lipinski definition) is 4. The van der Waals surface area contributed by atoms with Crippen molar-refractivity contribution in [2.24, 2.45) is 0 Å².